The van der Waals surface area contributed by atoms with E-state index >= 15 is 0 Å². The quantitative estimate of drug-likeness (QED) is 0.847. The number of aldehydes is 1. The van der Waals surface area contributed by atoms with Crippen LogP contribution in [0, 0.1) is 0 Å². The van der Waals surface area contributed by atoms with Crippen LogP contribution in [0.25, 0.3) is 0 Å². The maximum absolute atomic E-state index is 11.6. The van der Waals surface area contributed by atoms with Crippen LogP contribution < -0.4 is 5.32 Å². The largest absolute Gasteiger partial charge is 0.449 e. The van der Waals surface area contributed by atoms with E-state index in [1.165, 1.54) is 0 Å². The van der Waals surface area contributed by atoms with Gasteiger partial charge in [0.25, 0.3) is 0 Å². The van der Waals surface area contributed by atoms with Gasteiger partial charge in [-0.1, -0.05) is 42.5 Å². The van der Waals surface area contributed by atoms with Gasteiger partial charge in [0.15, 0.2) is 6.29 Å². The van der Waals surface area contributed by atoms with E-state index in [1.807, 2.05) is 30.3 Å². The van der Waals surface area contributed by atoms with Gasteiger partial charge in [-0.25, -0.2) is 4.79 Å². The normalized spacial score (nSPS) is 9.80. The Bertz CT molecular complexity index is 581. The Hall–Kier alpha value is -2.62. The monoisotopic (exact) mass is 269 g/mol. The van der Waals surface area contributed by atoms with E-state index in [2.05, 4.69) is 5.32 Å². The van der Waals surface area contributed by atoms with Crippen LogP contribution in [0.1, 0.15) is 15.9 Å². The molecule has 0 atom stereocenters. The van der Waals surface area contributed by atoms with Crippen LogP contribution in [0.2, 0.25) is 0 Å². The summed E-state index contributed by atoms with van der Waals surface area (Å²) < 4.78 is 5.08. The molecule has 1 amide bonds. The zero-order valence-corrected chi connectivity index (χ0v) is 10.9. The fourth-order valence-electron chi connectivity index (χ4n) is 1.77. The number of amides is 1. The predicted molar refractivity (Wildman–Crippen MR) is 76.9 cm³/mol. The van der Waals surface area contributed by atoms with Crippen molar-refractivity contribution in [2.24, 2.45) is 0 Å². The maximum atomic E-state index is 11.6. The van der Waals surface area contributed by atoms with Crippen LogP contribution in [0.4, 0.5) is 10.5 Å². The number of anilines is 1. The van der Waals surface area contributed by atoms with Crippen molar-refractivity contribution in [2.75, 3.05) is 11.9 Å². The molecule has 0 unspecified atom stereocenters. The molecule has 0 fully saturated rings. The minimum Gasteiger partial charge on any atom is -0.449 e. The van der Waals surface area contributed by atoms with Crippen LogP contribution in [0.15, 0.2) is 54.6 Å². The molecule has 0 aromatic heterocycles. The van der Waals surface area contributed by atoms with Crippen molar-refractivity contribution < 1.29 is 14.3 Å². The van der Waals surface area contributed by atoms with Crippen molar-refractivity contribution in [2.45, 2.75) is 6.42 Å². The molecule has 0 spiro atoms. The van der Waals surface area contributed by atoms with Crippen molar-refractivity contribution in [3.63, 3.8) is 0 Å². The first-order valence-electron chi connectivity index (χ1n) is 6.31. The van der Waals surface area contributed by atoms with Crippen LogP contribution in [-0.2, 0) is 11.2 Å². The SMILES string of the molecule is O=Cc1ccccc1NC(=O)OCCc1ccccc1. The lowest BCUT2D eigenvalue weighted by Crippen LogP contribution is -2.16. The van der Waals surface area contributed by atoms with E-state index in [1.54, 1.807) is 24.3 Å². The maximum Gasteiger partial charge on any atom is 0.411 e. The number of carbonyl (C=O) groups excluding carboxylic acids is 2. The van der Waals surface area contributed by atoms with E-state index in [4.69, 9.17) is 4.74 Å². The molecule has 0 aliphatic rings. The minimum atomic E-state index is -0.560. The third-order valence-electron chi connectivity index (χ3n) is 2.79. The van der Waals surface area contributed by atoms with Crippen LogP contribution >= 0.6 is 0 Å². The Morgan fingerprint density at radius 1 is 1.05 bits per heavy atom. The Morgan fingerprint density at radius 3 is 2.50 bits per heavy atom. The van der Waals surface area contributed by atoms with Crippen molar-refractivity contribution in [1.82, 2.24) is 0 Å². The lowest BCUT2D eigenvalue weighted by atomic mass is 10.2. The highest BCUT2D eigenvalue weighted by Gasteiger charge is 2.06. The first-order chi connectivity index (χ1) is 9.79. The highest BCUT2D eigenvalue weighted by atomic mass is 16.5. The van der Waals surface area contributed by atoms with Crippen molar-refractivity contribution in [3.8, 4) is 0 Å². The van der Waals surface area contributed by atoms with Crippen LogP contribution in [-0.4, -0.2) is 19.0 Å². The number of rotatable bonds is 5. The number of nitrogens with one attached hydrogen (secondary N) is 1. The van der Waals surface area contributed by atoms with E-state index < -0.39 is 6.09 Å². The molecular formula is C16H15NO3. The molecule has 1 N–H and O–H groups in total. The summed E-state index contributed by atoms with van der Waals surface area (Å²) in [6, 6.07) is 16.5. The summed E-state index contributed by atoms with van der Waals surface area (Å²) in [5.41, 5.74) is 1.98. The number of hydrogen-bond donors (Lipinski definition) is 1. The zero-order valence-electron chi connectivity index (χ0n) is 10.9. The smallest absolute Gasteiger partial charge is 0.411 e. The van der Waals surface area contributed by atoms with Crippen LogP contribution in [0.5, 0.6) is 0 Å². The lowest BCUT2D eigenvalue weighted by molar-refractivity contribution is 0.112. The van der Waals surface area contributed by atoms with E-state index in [0.717, 1.165) is 5.56 Å². The molecule has 0 aliphatic carbocycles. The second-order valence-corrected chi connectivity index (χ2v) is 4.20. The average molecular weight is 269 g/mol. The number of para-hydroxylation sites is 1. The fourth-order valence-corrected chi connectivity index (χ4v) is 1.77. The topological polar surface area (TPSA) is 55.4 Å². The summed E-state index contributed by atoms with van der Waals surface area (Å²) in [7, 11) is 0. The molecule has 2 aromatic rings. The molecule has 102 valence electrons. The van der Waals surface area contributed by atoms with Gasteiger partial charge >= 0.3 is 6.09 Å². The van der Waals surface area contributed by atoms with Gasteiger partial charge in [-0.2, -0.15) is 0 Å². The zero-order chi connectivity index (χ0) is 14.2. The Labute approximate surface area is 117 Å². The highest BCUT2D eigenvalue weighted by molar-refractivity contribution is 5.92. The summed E-state index contributed by atoms with van der Waals surface area (Å²) in [5, 5.41) is 2.56. The first kappa shape index (κ1) is 13.8. The Morgan fingerprint density at radius 2 is 1.75 bits per heavy atom. The van der Waals surface area contributed by atoms with Gasteiger partial charge in [-0.15, -0.1) is 0 Å². The van der Waals surface area contributed by atoms with E-state index in [9.17, 15) is 9.59 Å². The van der Waals surface area contributed by atoms with Gasteiger partial charge in [0.2, 0.25) is 0 Å². The standard InChI is InChI=1S/C16H15NO3/c18-12-14-8-4-5-9-15(14)17-16(19)20-11-10-13-6-2-1-3-7-13/h1-9,12H,10-11H2,(H,17,19). The molecule has 0 heterocycles. The van der Waals surface area contributed by atoms with Crippen molar-refractivity contribution in [1.29, 1.82) is 0 Å². The first-order valence-corrected chi connectivity index (χ1v) is 6.31. The Kier molecular flexibility index (Phi) is 4.89. The highest BCUT2D eigenvalue weighted by Crippen LogP contribution is 2.12. The number of hydrogen-bond acceptors (Lipinski definition) is 3. The molecule has 0 saturated heterocycles. The summed E-state index contributed by atoms with van der Waals surface area (Å²) in [6.45, 7) is 0.291. The summed E-state index contributed by atoms with van der Waals surface area (Å²) in [6.07, 6.45) is 0.790. The summed E-state index contributed by atoms with van der Waals surface area (Å²) >= 11 is 0. The predicted octanol–water partition coefficient (Wildman–Crippen LogP) is 3.29. The average Bonchev–Trinajstić information content (AvgIpc) is 2.49. The molecule has 2 aromatic carbocycles. The van der Waals surface area contributed by atoms with Gasteiger partial charge < -0.3 is 4.74 Å². The van der Waals surface area contributed by atoms with E-state index in [-0.39, 0.29) is 0 Å². The van der Waals surface area contributed by atoms with Crippen molar-refractivity contribution in [3.05, 3.63) is 65.7 Å². The summed E-state index contributed by atoms with van der Waals surface area (Å²) in [4.78, 5) is 22.4. The third-order valence-corrected chi connectivity index (χ3v) is 2.79. The van der Waals surface area contributed by atoms with Gasteiger partial charge in [0.05, 0.1) is 12.3 Å². The molecular weight excluding hydrogens is 254 g/mol. The number of ether oxygens (including phenoxy) is 1. The van der Waals surface area contributed by atoms with E-state index in [0.29, 0.717) is 30.6 Å². The molecule has 20 heavy (non-hydrogen) atoms. The molecule has 0 saturated carbocycles. The van der Waals surface area contributed by atoms with Crippen molar-refractivity contribution >= 4 is 18.1 Å². The van der Waals surface area contributed by atoms with Gasteiger partial charge in [0.1, 0.15) is 0 Å². The van der Waals surface area contributed by atoms with Gasteiger partial charge in [-0.3, -0.25) is 10.1 Å². The number of carbonyl (C=O) groups is 2. The molecule has 4 nitrogen and oxygen atoms in total. The van der Waals surface area contributed by atoms with Gasteiger partial charge in [-0.05, 0) is 17.7 Å². The molecule has 2 rings (SSSR count). The molecule has 0 bridgehead atoms. The second kappa shape index (κ2) is 7.09. The van der Waals surface area contributed by atoms with Crippen LogP contribution in [0.3, 0.4) is 0 Å². The second-order valence-electron chi connectivity index (χ2n) is 4.20. The fraction of sp³-hybridized carbons (Fsp3) is 0.125. The third kappa shape index (κ3) is 3.95. The molecule has 0 radical (unpaired) electrons. The lowest BCUT2D eigenvalue weighted by Gasteiger charge is -2.08. The Balaban J connectivity index is 1.82. The summed E-state index contributed by atoms with van der Waals surface area (Å²) in [5.74, 6) is 0. The number of benzene rings is 2. The molecule has 4 heteroatoms. The minimum absolute atomic E-state index is 0.291. The molecule has 0 aliphatic heterocycles. The van der Waals surface area contributed by atoms with Gasteiger partial charge in [0, 0.05) is 12.0 Å².